The molecule has 0 radical (unpaired) electrons. The van der Waals surface area contributed by atoms with Crippen LogP contribution in [0.4, 0.5) is 13.2 Å². The van der Waals surface area contributed by atoms with E-state index >= 15 is 0 Å². The third-order valence-corrected chi connectivity index (χ3v) is 3.89. The Hall–Kier alpha value is -2.00. The van der Waals surface area contributed by atoms with Gasteiger partial charge in [0.2, 0.25) is 0 Å². The van der Waals surface area contributed by atoms with Gasteiger partial charge in [-0.15, -0.1) is 12.8 Å². The zero-order valence-corrected chi connectivity index (χ0v) is 11.9. The van der Waals surface area contributed by atoms with Gasteiger partial charge in [0, 0.05) is 30.4 Å². The molecule has 2 nitrogen and oxygen atoms in total. The summed E-state index contributed by atoms with van der Waals surface area (Å²) < 4.78 is 42.5. The molecule has 110 valence electrons. The molecule has 2 heterocycles. The zero-order chi connectivity index (χ0) is 15.6. The third-order valence-electron chi connectivity index (χ3n) is 3.55. The Kier molecular flexibility index (Phi) is 4.53. The van der Waals surface area contributed by atoms with Gasteiger partial charge in [-0.2, -0.15) is 0 Å². The Bertz CT molecular complexity index is 730. The van der Waals surface area contributed by atoms with Crippen LogP contribution >= 0.6 is 12.2 Å². The van der Waals surface area contributed by atoms with Crippen LogP contribution in [-0.2, 0) is 13.0 Å². The first-order valence-corrected chi connectivity index (χ1v) is 6.72. The summed E-state index contributed by atoms with van der Waals surface area (Å²) in [4.78, 5) is 2.93. The van der Waals surface area contributed by atoms with Crippen LogP contribution in [0.2, 0.25) is 0 Å². The van der Waals surface area contributed by atoms with Crippen LogP contribution in [0.25, 0.3) is 0 Å². The number of halogens is 3. The predicted molar refractivity (Wildman–Crippen MR) is 76.9 cm³/mol. The highest BCUT2D eigenvalue weighted by Crippen LogP contribution is 2.32. The molecule has 1 atom stereocenters. The van der Waals surface area contributed by atoms with E-state index in [1.165, 1.54) is 0 Å². The number of terminal acetylenes is 1. The van der Waals surface area contributed by atoms with E-state index in [4.69, 9.17) is 12.2 Å². The van der Waals surface area contributed by atoms with Gasteiger partial charge in [-0.25, -0.2) is 13.2 Å². The van der Waals surface area contributed by atoms with Gasteiger partial charge in [0.1, 0.15) is 5.82 Å². The molecule has 1 N–H and O–H groups in total. The summed E-state index contributed by atoms with van der Waals surface area (Å²) >= 11 is 5.11. The fourth-order valence-corrected chi connectivity index (χ4v) is 2.90. The Labute approximate surface area is 125 Å². The van der Waals surface area contributed by atoms with Crippen molar-refractivity contribution in [2.75, 3.05) is 0 Å². The van der Waals surface area contributed by atoms with E-state index in [9.17, 15) is 13.2 Å². The van der Waals surface area contributed by atoms with Crippen LogP contribution in [0.3, 0.4) is 0 Å². The number of nitrogens with zero attached hydrogens (tertiary/aromatic N) is 1. The summed E-state index contributed by atoms with van der Waals surface area (Å²) in [5.41, 5.74) is 1.04. The van der Waals surface area contributed by atoms with Crippen molar-refractivity contribution in [3.05, 3.63) is 51.8 Å². The summed E-state index contributed by atoms with van der Waals surface area (Å²) in [6.07, 6.45) is 10.9. The van der Waals surface area contributed by atoms with Crippen LogP contribution in [-0.4, -0.2) is 9.55 Å². The fourth-order valence-electron chi connectivity index (χ4n) is 2.64. The average molecular weight is 310 g/mol. The monoisotopic (exact) mass is 310 g/mol. The quantitative estimate of drug-likeness (QED) is 0.506. The molecular weight excluding hydrogens is 297 g/mol. The first kappa shape index (κ1) is 15.4. The van der Waals surface area contributed by atoms with Gasteiger partial charge in [0.15, 0.2) is 16.4 Å². The van der Waals surface area contributed by atoms with Crippen molar-refractivity contribution in [2.45, 2.75) is 25.3 Å². The number of hydrogen-bond donors (Lipinski definition) is 1. The normalized spacial score (nSPS) is 16.1. The molecule has 0 spiro atoms. The SMILES string of the molecule is C#C.Fc1cc(F)c(F)c(CC2CCn3c2c[nH]c3=S)c1. The number of H-pyrrole nitrogens is 1. The van der Waals surface area contributed by atoms with E-state index in [1.807, 2.05) is 4.57 Å². The number of imidazole rings is 1. The van der Waals surface area contributed by atoms with Crippen LogP contribution in [0, 0.1) is 35.1 Å². The maximum absolute atomic E-state index is 13.6. The van der Waals surface area contributed by atoms with Gasteiger partial charge >= 0.3 is 0 Å². The Morgan fingerprint density at radius 1 is 1.29 bits per heavy atom. The van der Waals surface area contributed by atoms with Crippen molar-refractivity contribution in [1.82, 2.24) is 9.55 Å². The molecular formula is C15H13F3N2S. The summed E-state index contributed by atoms with van der Waals surface area (Å²) in [6, 6.07) is 1.62. The second-order valence-electron chi connectivity index (χ2n) is 4.72. The average Bonchev–Trinajstić information content (AvgIpc) is 3.02. The lowest BCUT2D eigenvalue weighted by Crippen LogP contribution is -2.03. The molecule has 3 rings (SSSR count). The second kappa shape index (κ2) is 6.19. The van der Waals surface area contributed by atoms with Crippen molar-refractivity contribution in [1.29, 1.82) is 0 Å². The standard InChI is InChI=1S/C13H11F3N2S.C2H2/c14-9-4-8(12(16)10(15)5-9)3-7-1-2-18-11(7)6-17-13(18)19;1-2/h4-7H,1-3H2,(H,17,19);1-2H. The van der Waals surface area contributed by atoms with E-state index in [-0.39, 0.29) is 17.9 Å². The molecule has 0 fully saturated rings. The van der Waals surface area contributed by atoms with Crippen LogP contribution in [0.15, 0.2) is 18.3 Å². The first-order chi connectivity index (χ1) is 10.1. The lowest BCUT2D eigenvalue weighted by Gasteiger charge is -2.10. The minimum absolute atomic E-state index is 0.0312. The molecule has 0 bridgehead atoms. The van der Waals surface area contributed by atoms with Crippen molar-refractivity contribution >= 4 is 12.2 Å². The molecule has 0 amide bonds. The number of hydrogen-bond acceptors (Lipinski definition) is 1. The smallest absolute Gasteiger partial charge is 0.177 e. The van der Waals surface area contributed by atoms with Crippen LogP contribution < -0.4 is 0 Å². The van der Waals surface area contributed by atoms with Gasteiger partial charge in [-0.05, 0) is 36.7 Å². The first-order valence-electron chi connectivity index (χ1n) is 6.31. The van der Waals surface area contributed by atoms with Crippen LogP contribution in [0.5, 0.6) is 0 Å². The summed E-state index contributed by atoms with van der Waals surface area (Å²) in [6.45, 7) is 0.752. The Balaban J connectivity index is 0.000000774. The van der Waals surface area contributed by atoms with Crippen molar-refractivity contribution < 1.29 is 13.2 Å². The van der Waals surface area contributed by atoms with Crippen molar-refractivity contribution in [2.24, 2.45) is 0 Å². The van der Waals surface area contributed by atoms with E-state index < -0.39 is 17.5 Å². The molecule has 21 heavy (non-hydrogen) atoms. The topological polar surface area (TPSA) is 20.7 Å². The van der Waals surface area contributed by atoms with Gasteiger partial charge in [0.25, 0.3) is 0 Å². The Morgan fingerprint density at radius 2 is 2.00 bits per heavy atom. The Morgan fingerprint density at radius 3 is 2.71 bits per heavy atom. The molecule has 0 aliphatic carbocycles. The largest absolute Gasteiger partial charge is 0.337 e. The minimum Gasteiger partial charge on any atom is -0.337 e. The van der Waals surface area contributed by atoms with Crippen molar-refractivity contribution in [3.8, 4) is 12.8 Å². The third kappa shape index (κ3) is 2.88. The second-order valence-corrected chi connectivity index (χ2v) is 5.11. The number of rotatable bonds is 2. The lowest BCUT2D eigenvalue weighted by molar-refractivity contribution is 0.479. The molecule has 1 aromatic heterocycles. The molecule has 0 saturated carbocycles. The maximum Gasteiger partial charge on any atom is 0.177 e. The van der Waals surface area contributed by atoms with Gasteiger partial charge < -0.3 is 9.55 Å². The molecule has 1 aromatic carbocycles. The highest BCUT2D eigenvalue weighted by atomic mass is 32.1. The van der Waals surface area contributed by atoms with E-state index in [0.717, 1.165) is 24.7 Å². The zero-order valence-electron chi connectivity index (χ0n) is 11.1. The molecule has 0 saturated heterocycles. The van der Waals surface area contributed by atoms with Gasteiger partial charge in [-0.3, -0.25) is 0 Å². The molecule has 6 heteroatoms. The number of benzene rings is 1. The van der Waals surface area contributed by atoms with Crippen LogP contribution in [0.1, 0.15) is 23.6 Å². The minimum atomic E-state index is -1.14. The number of aromatic nitrogens is 2. The fraction of sp³-hybridized carbons (Fsp3) is 0.267. The molecule has 1 aliphatic rings. The summed E-state index contributed by atoms with van der Waals surface area (Å²) in [7, 11) is 0. The predicted octanol–water partition coefficient (Wildman–Crippen LogP) is 3.94. The number of aromatic amines is 1. The number of nitrogens with one attached hydrogen (secondary N) is 1. The number of fused-ring (bicyclic) bond motifs is 1. The van der Waals surface area contributed by atoms with E-state index in [0.29, 0.717) is 10.8 Å². The highest BCUT2D eigenvalue weighted by Gasteiger charge is 2.25. The van der Waals surface area contributed by atoms with Gasteiger partial charge in [-0.1, -0.05) is 0 Å². The molecule has 2 aromatic rings. The maximum atomic E-state index is 13.6. The van der Waals surface area contributed by atoms with Crippen molar-refractivity contribution in [3.63, 3.8) is 0 Å². The highest BCUT2D eigenvalue weighted by molar-refractivity contribution is 7.71. The van der Waals surface area contributed by atoms with E-state index in [2.05, 4.69) is 17.8 Å². The molecule has 1 unspecified atom stereocenters. The van der Waals surface area contributed by atoms with Gasteiger partial charge in [0.05, 0.1) is 0 Å². The van der Waals surface area contributed by atoms with E-state index in [1.54, 1.807) is 6.20 Å². The summed E-state index contributed by atoms with van der Waals surface area (Å²) in [5.74, 6) is -2.82. The molecule has 1 aliphatic heterocycles. The lowest BCUT2D eigenvalue weighted by atomic mass is 9.95. The summed E-state index contributed by atoms with van der Waals surface area (Å²) in [5, 5.41) is 0.